The van der Waals surface area contributed by atoms with Crippen molar-refractivity contribution in [2.45, 2.75) is 46.8 Å². The zero-order chi connectivity index (χ0) is 22.9. The maximum Gasteiger partial charge on any atom is 0.246 e. The number of carbonyl (C=O) groups is 1. The zero-order valence-corrected chi connectivity index (χ0v) is 17.8. The Morgan fingerprint density at radius 1 is 1.33 bits per heavy atom. The van der Waals surface area contributed by atoms with Crippen molar-refractivity contribution in [3.63, 3.8) is 0 Å². The van der Waals surface area contributed by atoms with Crippen molar-refractivity contribution in [1.82, 2.24) is 15.3 Å². The Bertz CT molecular complexity index is 949. The maximum atomic E-state index is 12.9. The summed E-state index contributed by atoms with van der Waals surface area (Å²) < 4.78 is 18.6. The van der Waals surface area contributed by atoms with Gasteiger partial charge in [-0.25, -0.2) is 19.4 Å². The van der Waals surface area contributed by atoms with Crippen molar-refractivity contribution in [3.05, 3.63) is 47.6 Å². The molecule has 0 saturated carbocycles. The Morgan fingerprint density at radius 3 is 2.40 bits per heavy atom. The lowest BCUT2D eigenvalue weighted by atomic mass is 9.88. The van der Waals surface area contributed by atoms with Crippen molar-refractivity contribution >= 4 is 11.7 Å². The number of amidine groups is 1. The fourth-order valence-corrected chi connectivity index (χ4v) is 2.31. The minimum atomic E-state index is -1.59. The molecule has 0 aliphatic heterocycles. The number of allylic oxidation sites excluding steroid dienone is 2. The van der Waals surface area contributed by atoms with E-state index in [2.05, 4.69) is 32.1 Å². The molecular formula is C22H26FN5O2. The molecule has 2 unspecified atom stereocenters. The number of nitrogens with zero attached hydrogens (tertiary/aromatic N) is 3. The molecule has 158 valence electrons. The Labute approximate surface area is 176 Å². The summed E-state index contributed by atoms with van der Waals surface area (Å²) in [7, 11) is 0. The van der Waals surface area contributed by atoms with Gasteiger partial charge in [0.2, 0.25) is 11.5 Å². The molecule has 1 heterocycles. The first-order chi connectivity index (χ1) is 14.0. The number of aliphatic imine (C=N–C) groups is 1. The molecule has 0 fully saturated rings. The molecule has 3 N–H and O–H groups in total. The van der Waals surface area contributed by atoms with Gasteiger partial charge in [-0.3, -0.25) is 4.79 Å². The van der Waals surface area contributed by atoms with Crippen LogP contribution in [-0.2, 0) is 16.1 Å². The molecule has 8 heteroatoms. The third-order valence-corrected chi connectivity index (χ3v) is 4.21. The van der Waals surface area contributed by atoms with Crippen LogP contribution in [0.2, 0.25) is 0 Å². The summed E-state index contributed by atoms with van der Waals surface area (Å²) in [6, 6.07) is 0. The minimum absolute atomic E-state index is 0.0638. The lowest BCUT2D eigenvalue weighted by Gasteiger charge is -2.28. The molecule has 1 aromatic heterocycles. The summed E-state index contributed by atoms with van der Waals surface area (Å²) in [5.41, 5.74) is 4.45. The van der Waals surface area contributed by atoms with Gasteiger partial charge < -0.3 is 15.8 Å². The summed E-state index contributed by atoms with van der Waals surface area (Å²) in [4.78, 5) is 24.7. The van der Waals surface area contributed by atoms with Crippen molar-refractivity contribution in [2.24, 2.45) is 16.1 Å². The fourth-order valence-electron chi connectivity index (χ4n) is 2.31. The Hall–Kier alpha value is -3.65. The van der Waals surface area contributed by atoms with Crippen LogP contribution in [0, 0.1) is 35.9 Å². The second kappa shape index (κ2) is 10.2. The number of rotatable bonds is 8. The first kappa shape index (κ1) is 24.4. The fraction of sp³-hybridized carbons (Fsp3) is 0.364. The minimum Gasteiger partial charge on any atom is -0.477 e. The molecule has 1 rings (SSSR count). The first-order valence-electron chi connectivity index (χ1n) is 9.05. The number of nitrogens with one attached hydrogen (secondary N) is 1. The van der Waals surface area contributed by atoms with E-state index in [1.807, 2.05) is 0 Å². The van der Waals surface area contributed by atoms with Crippen molar-refractivity contribution in [2.75, 3.05) is 0 Å². The summed E-state index contributed by atoms with van der Waals surface area (Å²) in [6.07, 6.45) is 16.4. The van der Waals surface area contributed by atoms with Crippen molar-refractivity contribution in [1.29, 1.82) is 0 Å². The van der Waals surface area contributed by atoms with Crippen molar-refractivity contribution in [3.8, 4) is 24.7 Å². The quantitative estimate of drug-likeness (QED) is 0.296. The number of carbonyl (C=O) groups excluding carboxylic acids is 1. The highest BCUT2D eigenvalue weighted by molar-refractivity contribution is 6.10. The second-order valence-corrected chi connectivity index (χ2v) is 6.88. The highest BCUT2D eigenvalue weighted by atomic mass is 19.1. The highest BCUT2D eigenvalue weighted by Gasteiger charge is 2.38. The number of amides is 1. The van der Waals surface area contributed by atoms with Gasteiger partial charge in [0.25, 0.3) is 0 Å². The van der Waals surface area contributed by atoms with Gasteiger partial charge in [0, 0.05) is 0 Å². The van der Waals surface area contributed by atoms with E-state index in [0.717, 1.165) is 18.0 Å². The third-order valence-electron chi connectivity index (χ3n) is 4.21. The topological polar surface area (TPSA) is 102 Å². The molecule has 0 bridgehead atoms. The second-order valence-electron chi connectivity index (χ2n) is 6.88. The van der Waals surface area contributed by atoms with Gasteiger partial charge >= 0.3 is 0 Å². The normalized spacial score (nSPS) is 15.3. The average molecular weight is 411 g/mol. The predicted molar refractivity (Wildman–Crippen MR) is 114 cm³/mol. The summed E-state index contributed by atoms with van der Waals surface area (Å²) >= 11 is 0. The van der Waals surface area contributed by atoms with E-state index in [4.69, 9.17) is 23.3 Å². The predicted octanol–water partition coefficient (Wildman–Crippen LogP) is 2.46. The van der Waals surface area contributed by atoms with E-state index in [-0.39, 0.29) is 18.2 Å². The summed E-state index contributed by atoms with van der Waals surface area (Å²) in [5, 5.41) is 2.59. The molecule has 30 heavy (non-hydrogen) atoms. The van der Waals surface area contributed by atoms with Crippen LogP contribution in [0.15, 0.2) is 41.0 Å². The molecule has 1 aromatic rings. The van der Waals surface area contributed by atoms with Crippen LogP contribution in [0.25, 0.3) is 0 Å². The van der Waals surface area contributed by atoms with Crippen LogP contribution in [0.1, 0.15) is 40.4 Å². The molecule has 0 aliphatic carbocycles. The van der Waals surface area contributed by atoms with E-state index in [9.17, 15) is 9.18 Å². The SMILES string of the molecule is C#CC(C)(O/C=C\C)C(N=C(N)C(C)(C#C)C(=O)NCc1ncc(F)cn1)=C(C)C. The zero-order valence-electron chi connectivity index (χ0n) is 17.8. The number of nitrogens with two attached hydrogens (primary N) is 1. The molecule has 0 aromatic carbocycles. The molecule has 0 spiro atoms. The Morgan fingerprint density at radius 2 is 1.93 bits per heavy atom. The number of hydrogen-bond donors (Lipinski definition) is 2. The van der Waals surface area contributed by atoms with E-state index >= 15 is 0 Å². The van der Waals surface area contributed by atoms with E-state index < -0.39 is 22.7 Å². The van der Waals surface area contributed by atoms with E-state index in [1.54, 1.807) is 33.8 Å². The van der Waals surface area contributed by atoms with Gasteiger partial charge in [-0.05, 0) is 40.2 Å². The Balaban J connectivity index is 3.21. The smallest absolute Gasteiger partial charge is 0.246 e. The maximum absolute atomic E-state index is 12.9. The number of hydrogen-bond acceptors (Lipinski definition) is 5. The molecule has 2 atom stereocenters. The van der Waals surface area contributed by atoms with Crippen LogP contribution in [0.5, 0.6) is 0 Å². The largest absolute Gasteiger partial charge is 0.477 e. The lowest BCUT2D eigenvalue weighted by molar-refractivity contribution is -0.125. The molecular weight excluding hydrogens is 385 g/mol. The van der Waals surface area contributed by atoms with Gasteiger partial charge in [-0.1, -0.05) is 17.9 Å². The molecule has 7 nitrogen and oxygen atoms in total. The van der Waals surface area contributed by atoms with Crippen LogP contribution in [-0.4, -0.2) is 27.3 Å². The molecule has 0 aliphatic rings. The van der Waals surface area contributed by atoms with E-state index in [1.165, 1.54) is 13.2 Å². The van der Waals surface area contributed by atoms with Gasteiger partial charge in [0.15, 0.2) is 11.2 Å². The first-order valence-corrected chi connectivity index (χ1v) is 9.05. The molecule has 0 saturated heterocycles. The van der Waals surface area contributed by atoms with Crippen LogP contribution in [0.3, 0.4) is 0 Å². The number of halogens is 1. The van der Waals surface area contributed by atoms with E-state index in [0.29, 0.717) is 5.70 Å². The van der Waals surface area contributed by atoms with Gasteiger partial charge in [0.05, 0.1) is 30.9 Å². The van der Waals surface area contributed by atoms with Gasteiger partial charge in [-0.15, -0.1) is 12.8 Å². The number of terminal acetylenes is 2. The lowest BCUT2D eigenvalue weighted by Crippen LogP contribution is -2.47. The number of aromatic nitrogens is 2. The van der Waals surface area contributed by atoms with Crippen molar-refractivity contribution < 1.29 is 13.9 Å². The average Bonchev–Trinajstić information content (AvgIpc) is 2.73. The van der Waals surface area contributed by atoms with Crippen LogP contribution in [0.4, 0.5) is 4.39 Å². The monoisotopic (exact) mass is 411 g/mol. The highest BCUT2D eigenvalue weighted by Crippen LogP contribution is 2.28. The van der Waals surface area contributed by atoms with Crippen LogP contribution < -0.4 is 11.1 Å². The summed E-state index contributed by atoms with van der Waals surface area (Å²) in [5.74, 6) is 3.84. The standard InChI is InChI=1S/C22H26FN5O2/c1-8-11-30-22(7,10-3)18(15(4)5)28-19(24)21(6,9-2)20(29)27-14-17-25-12-16(23)13-26-17/h2-3,8,11-13H,14H2,1,4-7H3,(H2,24,28)(H,27,29)/b11-8-. The van der Waals surface area contributed by atoms with Gasteiger partial charge in [0.1, 0.15) is 11.7 Å². The van der Waals surface area contributed by atoms with Crippen LogP contribution >= 0.6 is 0 Å². The van der Waals surface area contributed by atoms with Gasteiger partial charge in [-0.2, -0.15) is 0 Å². The third kappa shape index (κ3) is 5.68. The number of ether oxygens (including phenoxy) is 1. The summed E-state index contributed by atoms with van der Waals surface area (Å²) in [6.45, 7) is 8.41. The Kier molecular flexibility index (Phi) is 8.31. The molecule has 1 amide bonds. The molecule has 0 radical (unpaired) electrons.